The van der Waals surface area contributed by atoms with Crippen LogP contribution in [0.1, 0.15) is 19.3 Å². The van der Waals surface area contributed by atoms with Crippen molar-refractivity contribution in [2.45, 2.75) is 19.3 Å². The Kier molecular flexibility index (Phi) is 3.94. The molecule has 1 aromatic carbocycles. The van der Waals surface area contributed by atoms with E-state index in [-0.39, 0.29) is 16.0 Å². The Morgan fingerprint density at radius 1 is 1.40 bits per heavy atom. The number of nitrogens with one attached hydrogen (secondary N) is 1. The molecule has 1 aliphatic rings. The van der Waals surface area contributed by atoms with Crippen molar-refractivity contribution in [3.63, 3.8) is 0 Å². The first-order valence-corrected chi connectivity index (χ1v) is 6.64. The number of oxime groups is 1. The first-order chi connectivity index (χ1) is 9.40. The third-order valence-corrected chi connectivity index (χ3v) is 4.11. The number of hydrogen-bond donors (Lipinski definition) is 3. The maximum atomic E-state index is 13.6. The number of nitrogens with two attached hydrogens (primary N) is 1. The van der Waals surface area contributed by atoms with E-state index in [4.69, 9.17) is 10.9 Å². The zero-order chi connectivity index (χ0) is 14.9. The van der Waals surface area contributed by atoms with Gasteiger partial charge in [-0.2, -0.15) is 0 Å². The minimum atomic E-state index is -1.12. The van der Waals surface area contributed by atoms with Gasteiger partial charge in [-0.1, -0.05) is 11.6 Å². The van der Waals surface area contributed by atoms with Crippen LogP contribution in [0, 0.1) is 17.0 Å². The Labute approximate surface area is 122 Å². The van der Waals surface area contributed by atoms with Gasteiger partial charge in [0.15, 0.2) is 5.84 Å². The van der Waals surface area contributed by atoms with E-state index in [1.165, 1.54) is 0 Å². The first kappa shape index (κ1) is 14.7. The summed E-state index contributed by atoms with van der Waals surface area (Å²) in [5.74, 6) is -2.44. The van der Waals surface area contributed by atoms with Crippen LogP contribution in [0.4, 0.5) is 14.5 Å². The molecule has 108 valence electrons. The van der Waals surface area contributed by atoms with Gasteiger partial charge >= 0.3 is 0 Å². The number of benzene rings is 1. The second-order valence-electron chi connectivity index (χ2n) is 4.62. The van der Waals surface area contributed by atoms with Gasteiger partial charge in [0.1, 0.15) is 17.0 Å². The molecule has 1 fully saturated rings. The molecule has 8 heteroatoms. The van der Waals surface area contributed by atoms with E-state index in [0.717, 1.165) is 12.5 Å². The summed E-state index contributed by atoms with van der Waals surface area (Å²) in [6.45, 7) is 0. The van der Waals surface area contributed by atoms with Gasteiger partial charge in [0, 0.05) is 6.07 Å². The fourth-order valence-corrected chi connectivity index (χ4v) is 2.43. The number of carbonyl (C=O) groups is 1. The van der Waals surface area contributed by atoms with Crippen LogP contribution in [0.5, 0.6) is 0 Å². The zero-order valence-corrected chi connectivity index (χ0v) is 11.9. The van der Waals surface area contributed by atoms with Crippen molar-refractivity contribution in [2.75, 3.05) is 5.32 Å². The number of halogens is 3. The summed E-state index contributed by atoms with van der Waals surface area (Å²) in [4.78, 5) is 12.2. The van der Waals surface area contributed by atoms with Crippen molar-refractivity contribution in [1.82, 2.24) is 0 Å². The second-order valence-corrected chi connectivity index (χ2v) is 5.48. The van der Waals surface area contributed by atoms with E-state index in [2.05, 4.69) is 26.4 Å². The van der Waals surface area contributed by atoms with Crippen LogP contribution < -0.4 is 11.1 Å². The van der Waals surface area contributed by atoms with Gasteiger partial charge in [-0.15, -0.1) is 0 Å². The fraction of sp³-hybridized carbons (Fsp3) is 0.333. The lowest BCUT2D eigenvalue weighted by Crippen LogP contribution is -2.51. The highest BCUT2D eigenvalue weighted by molar-refractivity contribution is 9.10. The summed E-state index contributed by atoms with van der Waals surface area (Å²) in [7, 11) is 0. The molecule has 0 aromatic heterocycles. The molecular formula is C12H12BrF2N3O2. The third kappa shape index (κ3) is 2.35. The number of anilines is 1. The molecule has 0 unspecified atom stereocenters. The average Bonchev–Trinajstić information content (AvgIpc) is 2.34. The predicted octanol–water partition coefficient (Wildman–Crippen LogP) is 2.58. The van der Waals surface area contributed by atoms with Crippen molar-refractivity contribution in [3.05, 3.63) is 28.2 Å². The Hall–Kier alpha value is -1.70. The minimum absolute atomic E-state index is 0.0284. The lowest BCUT2D eigenvalue weighted by atomic mass is 9.67. The number of hydrogen-bond acceptors (Lipinski definition) is 3. The number of nitrogens with zero attached hydrogens (tertiary/aromatic N) is 1. The molecule has 1 saturated carbocycles. The molecule has 1 aromatic rings. The van der Waals surface area contributed by atoms with E-state index >= 15 is 0 Å². The number of carbonyl (C=O) groups excluding carboxylic acids is 1. The van der Waals surface area contributed by atoms with Crippen LogP contribution in [-0.2, 0) is 4.79 Å². The zero-order valence-electron chi connectivity index (χ0n) is 10.3. The van der Waals surface area contributed by atoms with Crippen LogP contribution in [0.3, 0.4) is 0 Å². The quantitative estimate of drug-likeness (QED) is 0.258. The Morgan fingerprint density at radius 3 is 2.55 bits per heavy atom. The summed E-state index contributed by atoms with van der Waals surface area (Å²) in [6.07, 6.45) is 1.58. The van der Waals surface area contributed by atoms with Crippen LogP contribution in [0.15, 0.2) is 21.8 Å². The van der Waals surface area contributed by atoms with Crippen molar-refractivity contribution < 1.29 is 18.8 Å². The van der Waals surface area contributed by atoms with Gasteiger partial charge in [0.05, 0.1) is 10.2 Å². The molecule has 0 spiro atoms. The fourth-order valence-electron chi connectivity index (χ4n) is 2.09. The van der Waals surface area contributed by atoms with Crippen LogP contribution in [0.2, 0.25) is 0 Å². The SMILES string of the molecule is N/C(=N/O)C1(C(=O)Nc2cc(Br)c(F)cc2F)CCC1. The molecule has 0 aliphatic heterocycles. The molecule has 5 nitrogen and oxygen atoms in total. The highest BCUT2D eigenvalue weighted by atomic mass is 79.9. The summed E-state index contributed by atoms with van der Waals surface area (Å²) in [5, 5.41) is 14.0. The van der Waals surface area contributed by atoms with Gasteiger partial charge in [-0.05, 0) is 34.8 Å². The van der Waals surface area contributed by atoms with Crippen LogP contribution >= 0.6 is 15.9 Å². The number of amides is 1. The topological polar surface area (TPSA) is 87.7 Å². The molecule has 0 radical (unpaired) electrons. The standard InChI is InChI=1S/C12H12BrF2N3O2/c13-6-4-9(8(15)5-7(6)14)17-11(19)12(2-1-3-12)10(16)18-20/h4-5,20H,1-3H2,(H2,16,18)(H,17,19). The Morgan fingerprint density at radius 2 is 2.05 bits per heavy atom. The molecular weight excluding hydrogens is 336 g/mol. The van der Waals surface area contributed by atoms with Gasteiger partial charge in [-0.25, -0.2) is 8.78 Å². The van der Waals surface area contributed by atoms with E-state index in [9.17, 15) is 13.6 Å². The molecule has 0 heterocycles. The van der Waals surface area contributed by atoms with E-state index < -0.39 is 23.0 Å². The largest absolute Gasteiger partial charge is 0.409 e. The normalized spacial score (nSPS) is 17.4. The average molecular weight is 348 g/mol. The molecule has 0 bridgehead atoms. The number of rotatable bonds is 3. The predicted molar refractivity (Wildman–Crippen MR) is 72.4 cm³/mol. The maximum Gasteiger partial charge on any atom is 0.238 e. The molecule has 1 amide bonds. The lowest BCUT2D eigenvalue weighted by molar-refractivity contribution is -0.125. The van der Waals surface area contributed by atoms with Crippen molar-refractivity contribution >= 4 is 33.4 Å². The molecule has 0 atom stereocenters. The van der Waals surface area contributed by atoms with Crippen molar-refractivity contribution in [2.24, 2.45) is 16.3 Å². The summed E-state index contributed by atoms with van der Waals surface area (Å²) < 4.78 is 26.7. The Balaban J connectivity index is 2.26. The molecule has 20 heavy (non-hydrogen) atoms. The van der Waals surface area contributed by atoms with Crippen molar-refractivity contribution in [1.29, 1.82) is 0 Å². The van der Waals surface area contributed by atoms with E-state index in [1.54, 1.807) is 0 Å². The maximum absolute atomic E-state index is 13.6. The summed E-state index contributed by atoms with van der Waals surface area (Å²) in [5.41, 5.74) is 4.25. The lowest BCUT2D eigenvalue weighted by Gasteiger charge is -2.38. The van der Waals surface area contributed by atoms with E-state index in [1.807, 2.05) is 0 Å². The van der Waals surface area contributed by atoms with Gasteiger partial charge in [-0.3, -0.25) is 4.79 Å². The molecule has 4 N–H and O–H groups in total. The molecule has 2 rings (SSSR count). The third-order valence-electron chi connectivity index (χ3n) is 3.50. The second kappa shape index (κ2) is 5.35. The first-order valence-electron chi connectivity index (χ1n) is 5.85. The smallest absolute Gasteiger partial charge is 0.238 e. The number of amidine groups is 1. The highest BCUT2D eigenvalue weighted by Gasteiger charge is 2.48. The van der Waals surface area contributed by atoms with E-state index in [0.29, 0.717) is 18.9 Å². The summed E-state index contributed by atoms with van der Waals surface area (Å²) in [6, 6.07) is 1.79. The minimum Gasteiger partial charge on any atom is -0.409 e. The van der Waals surface area contributed by atoms with Crippen LogP contribution in [0.25, 0.3) is 0 Å². The van der Waals surface area contributed by atoms with Gasteiger partial charge in [0.25, 0.3) is 0 Å². The van der Waals surface area contributed by atoms with Gasteiger partial charge < -0.3 is 16.3 Å². The van der Waals surface area contributed by atoms with Gasteiger partial charge in [0.2, 0.25) is 5.91 Å². The van der Waals surface area contributed by atoms with Crippen molar-refractivity contribution in [3.8, 4) is 0 Å². The summed E-state index contributed by atoms with van der Waals surface area (Å²) >= 11 is 2.91. The molecule has 1 aliphatic carbocycles. The highest BCUT2D eigenvalue weighted by Crippen LogP contribution is 2.42. The van der Waals surface area contributed by atoms with Crippen LogP contribution in [-0.4, -0.2) is 17.0 Å². The Bertz CT molecular complexity index is 588. The molecule has 0 saturated heterocycles. The monoisotopic (exact) mass is 347 g/mol.